The lowest BCUT2D eigenvalue weighted by molar-refractivity contribution is 0.123. The molecule has 0 bridgehead atoms. The van der Waals surface area contributed by atoms with Gasteiger partial charge >= 0.3 is 6.09 Å². The highest BCUT2D eigenvalue weighted by Crippen LogP contribution is 2.36. The molecule has 1 atom stereocenters. The van der Waals surface area contributed by atoms with E-state index < -0.39 is 6.09 Å². The van der Waals surface area contributed by atoms with Crippen molar-refractivity contribution in [2.24, 2.45) is 0 Å². The molecule has 18 heavy (non-hydrogen) atoms. The highest BCUT2D eigenvalue weighted by atomic mass is 16.5. The first-order valence-corrected chi connectivity index (χ1v) is 5.92. The summed E-state index contributed by atoms with van der Waals surface area (Å²) in [5.74, 6) is 0.787. The number of carboxylic acid groups (broad SMARTS) is 1. The quantitative estimate of drug-likeness (QED) is 0.666. The number of benzene rings is 1. The number of nitrogens with zero attached hydrogens (tertiary/aromatic N) is 2. The highest BCUT2D eigenvalue weighted by Gasteiger charge is 2.34. The Hall–Kier alpha value is -2.11. The average molecular weight is 249 g/mol. The van der Waals surface area contributed by atoms with E-state index >= 15 is 0 Å². The second-order valence-electron chi connectivity index (χ2n) is 4.61. The second kappa shape index (κ2) is 3.97. The molecule has 6 heteroatoms. The molecule has 1 fully saturated rings. The summed E-state index contributed by atoms with van der Waals surface area (Å²) in [6, 6.07) is 5.68. The van der Waals surface area contributed by atoms with E-state index in [2.05, 4.69) is 4.90 Å². The number of fused-ring (bicyclic) bond motifs is 3. The van der Waals surface area contributed by atoms with E-state index in [-0.39, 0.29) is 6.04 Å². The molecule has 1 amide bonds. The highest BCUT2D eigenvalue weighted by molar-refractivity contribution is 5.68. The number of amides is 1. The number of nitrogen functional groups attached to an aromatic ring is 1. The van der Waals surface area contributed by atoms with Crippen LogP contribution < -0.4 is 15.4 Å². The van der Waals surface area contributed by atoms with Gasteiger partial charge in [0.25, 0.3) is 0 Å². The molecule has 0 aromatic heterocycles. The first-order chi connectivity index (χ1) is 8.65. The zero-order valence-electron chi connectivity index (χ0n) is 9.87. The Balaban J connectivity index is 1.86. The van der Waals surface area contributed by atoms with Gasteiger partial charge in [0.05, 0.1) is 11.7 Å². The standard InChI is InChI=1S/C12H15N3O3/c13-8-1-2-10-11(5-8)18-7-9-6-14(12(16)17)3-4-15(9)10/h1-2,5,9H,3-4,6-7,13H2,(H,16,17)/t9-/m1/s1. The number of hydrogen-bond acceptors (Lipinski definition) is 4. The first-order valence-electron chi connectivity index (χ1n) is 5.92. The van der Waals surface area contributed by atoms with Crippen LogP contribution in [0.1, 0.15) is 0 Å². The number of carbonyl (C=O) groups is 1. The van der Waals surface area contributed by atoms with Gasteiger partial charge in [0, 0.05) is 31.4 Å². The van der Waals surface area contributed by atoms with E-state index in [1.165, 1.54) is 4.90 Å². The van der Waals surface area contributed by atoms with Crippen LogP contribution in [0.25, 0.3) is 0 Å². The molecule has 1 aromatic rings. The largest absolute Gasteiger partial charge is 0.489 e. The fraction of sp³-hybridized carbons (Fsp3) is 0.417. The number of nitrogens with two attached hydrogens (primary N) is 1. The van der Waals surface area contributed by atoms with Crippen molar-refractivity contribution < 1.29 is 14.6 Å². The van der Waals surface area contributed by atoms with E-state index in [9.17, 15) is 4.79 Å². The first kappa shape index (κ1) is 11.0. The van der Waals surface area contributed by atoms with Crippen LogP contribution in [0.2, 0.25) is 0 Å². The monoisotopic (exact) mass is 249 g/mol. The third kappa shape index (κ3) is 1.70. The van der Waals surface area contributed by atoms with E-state index in [4.69, 9.17) is 15.6 Å². The lowest BCUT2D eigenvalue weighted by Crippen LogP contribution is -2.58. The normalized spacial score (nSPS) is 21.9. The molecule has 2 aliphatic heterocycles. The van der Waals surface area contributed by atoms with Crippen molar-refractivity contribution >= 4 is 17.5 Å². The lowest BCUT2D eigenvalue weighted by Gasteiger charge is -2.44. The Morgan fingerprint density at radius 1 is 1.44 bits per heavy atom. The minimum Gasteiger partial charge on any atom is -0.489 e. The molecule has 1 saturated heterocycles. The van der Waals surface area contributed by atoms with Gasteiger partial charge in [-0.15, -0.1) is 0 Å². The Morgan fingerprint density at radius 3 is 3.06 bits per heavy atom. The molecule has 0 aliphatic carbocycles. The van der Waals surface area contributed by atoms with Gasteiger partial charge in [-0.3, -0.25) is 0 Å². The maximum absolute atomic E-state index is 11.0. The molecule has 0 radical (unpaired) electrons. The summed E-state index contributed by atoms with van der Waals surface area (Å²) < 4.78 is 5.66. The van der Waals surface area contributed by atoms with Crippen LogP contribution in [0.3, 0.4) is 0 Å². The molecule has 0 unspecified atom stereocenters. The minimum absolute atomic E-state index is 0.0889. The smallest absolute Gasteiger partial charge is 0.407 e. The summed E-state index contributed by atoms with van der Waals surface area (Å²) in [5, 5.41) is 9.01. The van der Waals surface area contributed by atoms with Crippen molar-refractivity contribution in [2.75, 3.05) is 36.9 Å². The fourth-order valence-corrected chi connectivity index (χ4v) is 2.56. The summed E-state index contributed by atoms with van der Waals surface area (Å²) in [4.78, 5) is 14.6. The molecule has 0 saturated carbocycles. The van der Waals surface area contributed by atoms with E-state index in [0.29, 0.717) is 31.9 Å². The third-order valence-corrected chi connectivity index (χ3v) is 3.48. The number of ether oxygens (including phenoxy) is 1. The molecule has 3 rings (SSSR count). The van der Waals surface area contributed by atoms with Gasteiger partial charge in [-0.1, -0.05) is 0 Å². The van der Waals surface area contributed by atoms with Gasteiger partial charge in [0.15, 0.2) is 0 Å². The zero-order valence-corrected chi connectivity index (χ0v) is 9.87. The van der Waals surface area contributed by atoms with Gasteiger partial charge in [-0.2, -0.15) is 0 Å². The molecule has 1 aromatic carbocycles. The summed E-state index contributed by atoms with van der Waals surface area (Å²) in [5.41, 5.74) is 7.41. The van der Waals surface area contributed by atoms with Crippen molar-refractivity contribution in [2.45, 2.75) is 6.04 Å². The van der Waals surface area contributed by atoms with Crippen LogP contribution in [0.5, 0.6) is 5.75 Å². The molecule has 6 nitrogen and oxygen atoms in total. The van der Waals surface area contributed by atoms with Crippen LogP contribution in [0.15, 0.2) is 18.2 Å². The predicted molar refractivity (Wildman–Crippen MR) is 67.1 cm³/mol. The van der Waals surface area contributed by atoms with E-state index in [1.54, 1.807) is 0 Å². The van der Waals surface area contributed by atoms with Gasteiger partial charge in [-0.05, 0) is 12.1 Å². The maximum Gasteiger partial charge on any atom is 0.407 e. The summed E-state index contributed by atoms with van der Waals surface area (Å²) >= 11 is 0. The van der Waals surface area contributed by atoms with Crippen LogP contribution in [-0.4, -0.2) is 48.4 Å². The van der Waals surface area contributed by atoms with E-state index in [0.717, 1.165) is 11.4 Å². The van der Waals surface area contributed by atoms with Gasteiger partial charge in [-0.25, -0.2) is 4.79 Å². The molecule has 96 valence electrons. The summed E-state index contributed by atoms with van der Waals surface area (Å²) in [6.45, 7) is 2.20. The van der Waals surface area contributed by atoms with Gasteiger partial charge in [0.1, 0.15) is 12.4 Å². The van der Waals surface area contributed by atoms with Crippen molar-refractivity contribution in [1.29, 1.82) is 0 Å². The second-order valence-corrected chi connectivity index (χ2v) is 4.61. The number of hydrogen-bond donors (Lipinski definition) is 2. The lowest BCUT2D eigenvalue weighted by atomic mass is 10.1. The van der Waals surface area contributed by atoms with Gasteiger partial charge in [0.2, 0.25) is 0 Å². The molecule has 2 heterocycles. The van der Waals surface area contributed by atoms with Crippen molar-refractivity contribution in [1.82, 2.24) is 4.90 Å². The number of anilines is 2. The number of piperazine rings is 1. The fourth-order valence-electron chi connectivity index (χ4n) is 2.56. The van der Waals surface area contributed by atoms with E-state index in [1.807, 2.05) is 18.2 Å². The zero-order chi connectivity index (χ0) is 12.7. The van der Waals surface area contributed by atoms with Crippen LogP contribution in [0.4, 0.5) is 16.2 Å². The Bertz CT molecular complexity index is 491. The van der Waals surface area contributed by atoms with Crippen molar-refractivity contribution in [3.63, 3.8) is 0 Å². The minimum atomic E-state index is -0.863. The summed E-state index contributed by atoms with van der Waals surface area (Å²) in [6.07, 6.45) is -0.863. The van der Waals surface area contributed by atoms with Crippen molar-refractivity contribution in [3.8, 4) is 5.75 Å². The maximum atomic E-state index is 11.0. The molecule has 3 N–H and O–H groups in total. The molecular formula is C12H15N3O3. The average Bonchev–Trinajstić information content (AvgIpc) is 2.37. The molecule has 2 aliphatic rings. The Labute approximate surface area is 105 Å². The summed E-state index contributed by atoms with van der Waals surface area (Å²) in [7, 11) is 0. The SMILES string of the molecule is Nc1ccc2c(c1)OC[C@H]1CN(C(=O)O)CCN21. The van der Waals surface area contributed by atoms with Crippen LogP contribution in [0, 0.1) is 0 Å². The topological polar surface area (TPSA) is 79.0 Å². The third-order valence-electron chi connectivity index (χ3n) is 3.48. The predicted octanol–water partition coefficient (Wildman–Crippen LogP) is 0.830. The van der Waals surface area contributed by atoms with Crippen molar-refractivity contribution in [3.05, 3.63) is 18.2 Å². The van der Waals surface area contributed by atoms with Gasteiger partial charge < -0.3 is 25.4 Å². The molecular weight excluding hydrogens is 234 g/mol. The van der Waals surface area contributed by atoms with Crippen LogP contribution >= 0.6 is 0 Å². The van der Waals surface area contributed by atoms with Crippen LogP contribution in [-0.2, 0) is 0 Å². The number of rotatable bonds is 0. The Kier molecular flexibility index (Phi) is 2.43. The Morgan fingerprint density at radius 2 is 2.28 bits per heavy atom. The molecule has 0 spiro atoms.